The highest BCUT2D eigenvalue weighted by molar-refractivity contribution is 6.03. The van der Waals surface area contributed by atoms with Crippen molar-refractivity contribution in [1.82, 2.24) is 5.32 Å². The van der Waals surface area contributed by atoms with Crippen molar-refractivity contribution in [1.29, 1.82) is 0 Å². The van der Waals surface area contributed by atoms with Crippen LogP contribution in [0.1, 0.15) is 38.5 Å². The van der Waals surface area contributed by atoms with Crippen molar-refractivity contribution in [3.8, 4) is 0 Å². The molecule has 118 valence electrons. The molecule has 1 heterocycles. The van der Waals surface area contributed by atoms with Gasteiger partial charge < -0.3 is 10.4 Å². The van der Waals surface area contributed by atoms with Gasteiger partial charge in [0.1, 0.15) is 6.04 Å². The van der Waals surface area contributed by atoms with Gasteiger partial charge in [0.2, 0.25) is 11.8 Å². The van der Waals surface area contributed by atoms with Gasteiger partial charge >= 0.3 is 0 Å². The predicted molar refractivity (Wildman–Crippen MR) is 83.4 cm³/mol. The monoisotopic (exact) mass is 302 g/mol. The van der Waals surface area contributed by atoms with E-state index in [9.17, 15) is 14.7 Å². The van der Waals surface area contributed by atoms with Gasteiger partial charge in [-0.05, 0) is 31.4 Å². The van der Waals surface area contributed by atoms with Crippen molar-refractivity contribution in [2.45, 2.75) is 50.2 Å². The number of hydrogen-bond donors (Lipinski definition) is 2. The Morgan fingerprint density at radius 2 is 1.95 bits per heavy atom. The Bertz CT molecular complexity index is 552. The van der Waals surface area contributed by atoms with Gasteiger partial charge in [0.15, 0.2) is 0 Å². The van der Waals surface area contributed by atoms with Crippen molar-refractivity contribution >= 4 is 17.5 Å². The summed E-state index contributed by atoms with van der Waals surface area (Å²) in [7, 11) is 0. The van der Waals surface area contributed by atoms with Crippen molar-refractivity contribution in [2.75, 3.05) is 11.4 Å². The van der Waals surface area contributed by atoms with E-state index in [1.165, 1.54) is 0 Å². The third kappa shape index (κ3) is 2.99. The largest absolute Gasteiger partial charge is 0.388 e. The summed E-state index contributed by atoms with van der Waals surface area (Å²) >= 11 is 0. The number of rotatable bonds is 4. The summed E-state index contributed by atoms with van der Waals surface area (Å²) in [6, 6.07) is 8.81. The molecule has 2 N–H and O–H groups in total. The molecule has 1 unspecified atom stereocenters. The zero-order valence-corrected chi connectivity index (χ0v) is 12.6. The molecule has 1 aromatic rings. The van der Waals surface area contributed by atoms with Crippen LogP contribution < -0.4 is 10.2 Å². The number of benzene rings is 1. The minimum Gasteiger partial charge on any atom is -0.388 e. The molecule has 22 heavy (non-hydrogen) atoms. The smallest absolute Gasteiger partial charge is 0.243 e. The number of nitrogens with zero attached hydrogens (tertiary/aromatic N) is 1. The van der Waals surface area contributed by atoms with Crippen LogP contribution in [0.3, 0.4) is 0 Å². The summed E-state index contributed by atoms with van der Waals surface area (Å²) in [4.78, 5) is 26.1. The average molecular weight is 302 g/mol. The molecule has 1 aromatic carbocycles. The Labute approximate surface area is 130 Å². The fourth-order valence-corrected chi connectivity index (χ4v) is 3.42. The number of para-hydroxylation sites is 1. The molecule has 0 bridgehead atoms. The summed E-state index contributed by atoms with van der Waals surface area (Å²) in [6.45, 7) is 0.277. The topological polar surface area (TPSA) is 69.6 Å². The zero-order valence-electron chi connectivity index (χ0n) is 12.6. The average Bonchev–Trinajstić information content (AvgIpc) is 3.13. The Hall–Kier alpha value is -1.88. The second kappa shape index (κ2) is 6.08. The highest BCUT2D eigenvalue weighted by Gasteiger charge is 2.38. The Kier molecular flexibility index (Phi) is 4.16. The minimum atomic E-state index is -0.768. The number of carbonyl (C=O) groups is 2. The number of aliphatic hydroxyl groups is 1. The molecule has 2 amide bonds. The third-order valence-corrected chi connectivity index (χ3v) is 4.67. The summed E-state index contributed by atoms with van der Waals surface area (Å²) in [5.41, 5.74) is -0.0136. The molecule has 3 rings (SSSR count). The van der Waals surface area contributed by atoms with Crippen LogP contribution in [0.15, 0.2) is 30.3 Å². The molecular formula is C17H22N2O3. The molecule has 5 heteroatoms. The van der Waals surface area contributed by atoms with E-state index in [1.54, 1.807) is 4.90 Å². The molecule has 1 saturated heterocycles. The van der Waals surface area contributed by atoms with Gasteiger partial charge in [-0.1, -0.05) is 31.0 Å². The molecule has 1 aliphatic heterocycles. The molecule has 1 atom stereocenters. The molecule has 1 saturated carbocycles. The van der Waals surface area contributed by atoms with Gasteiger partial charge in [0, 0.05) is 18.7 Å². The number of amides is 2. The molecule has 0 radical (unpaired) electrons. The van der Waals surface area contributed by atoms with Crippen LogP contribution in [0.2, 0.25) is 0 Å². The summed E-state index contributed by atoms with van der Waals surface area (Å²) in [5.74, 6) is -0.194. The molecule has 2 fully saturated rings. The Morgan fingerprint density at radius 3 is 2.64 bits per heavy atom. The summed E-state index contributed by atoms with van der Waals surface area (Å²) in [6.07, 6.45) is 4.39. The number of nitrogens with one attached hydrogen (secondary N) is 1. The van der Waals surface area contributed by atoms with Gasteiger partial charge in [-0.2, -0.15) is 0 Å². The fourth-order valence-electron chi connectivity index (χ4n) is 3.42. The van der Waals surface area contributed by atoms with Crippen molar-refractivity contribution in [3.63, 3.8) is 0 Å². The van der Waals surface area contributed by atoms with Crippen LogP contribution >= 0.6 is 0 Å². The number of carbonyl (C=O) groups excluding carboxylic acids is 2. The quantitative estimate of drug-likeness (QED) is 0.887. The zero-order chi connectivity index (χ0) is 15.6. The van der Waals surface area contributed by atoms with Crippen molar-refractivity contribution in [2.24, 2.45) is 0 Å². The van der Waals surface area contributed by atoms with Gasteiger partial charge in [0.25, 0.3) is 0 Å². The number of hydrogen-bond acceptors (Lipinski definition) is 3. The molecule has 5 nitrogen and oxygen atoms in total. The maximum absolute atomic E-state index is 12.5. The first-order valence-electron chi connectivity index (χ1n) is 7.96. The first-order chi connectivity index (χ1) is 10.6. The third-order valence-electron chi connectivity index (χ3n) is 4.67. The van der Waals surface area contributed by atoms with E-state index in [2.05, 4.69) is 5.32 Å². The Balaban J connectivity index is 1.67. The lowest BCUT2D eigenvalue weighted by Crippen LogP contribution is -2.49. The molecular weight excluding hydrogens is 280 g/mol. The van der Waals surface area contributed by atoms with Crippen LogP contribution in [0.4, 0.5) is 5.69 Å². The van der Waals surface area contributed by atoms with Gasteiger partial charge in [0.05, 0.1) is 5.60 Å². The maximum atomic E-state index is 12.5. The normalized spacial score (nSPS) is 23.8. The second-order valence-corrected chi connectivity index (χ2v) is 6.30. The van der Waals surface area contributed by atoms with E-state index in [0.29, 0.717) is 12.8 Å². The van der Waals surface area contributed by atoms with Crippen LogP contribution in [-0.4, -0.2) is 35.1 Å². The minimum absolute atomic E-state index is 0.0223. The predicted octanol–water partition coefficient (Wildman–Crippen LogP) is 1.60. The number of anilines is 1. The lowest BCUT2D eigenvalue weighted by Gasteiger charge is -2.27. The van der Waals surface area contributed by atoms with Gasteiger partial charge in [-0.3, -0.25) is 14.5 Å². The highest BCUT2D eigenvalue weighted by atomic mass is 16.3. The first-order valence-corrected chi connectivity index (χ1v) is 7.96. The molecule has 0 aromatic heterocycles. The molecule has 0 spiro atoms. The van der Waals surface area contributed by atoms with Crippen LogP contribution in [0.5, 0.6) is 0 Å². The Morgan fingerprint density at radius 1 is 1.27 bits per heavy atom. The van der Waals surface area contributed by atoms with E-state index in [4.69, 9.17) is 0 Å². The first kappa shape index (κ1) is 15.0. The van der Waals surface area contributed by atoms with Crippen molar-refractivity contribution < 1.29 is 14.7 Å². The molecule has 2 aliphatic rings. The van der Waals surface area contributed by atoms with E-state index < -0.39 is 11.6 Å². The standard InChI is InChI=1S/C17H22N2O3/c20-15-9-8-14(19(15)13-6-2-1-3-7-13)16(21)18-12-17(22)10-4-5-11-17/h1-3,6-7,14,22H,4-5,8-12H2,(H,18,21). The van der Waals surface area contributed by atoms with Crippen LogP contribution in [0.25, 0.3) is 0 Å². The lowest BCUT2D eigenvalue weighted by atomic mass is 10.0. The fraction of sp³-hybridized carbons (Fsp3) is 0.529. The molecule has 1 aliphatic carbocycles. The van der Waals surface area contributed by atoms with E-state index in [-0.39, 0.29) is 18.4 Å². The van der Waals surface area contributed by atoms with Gasteiger partial charge in [-0.15, -0.1) is 0 Å². The summed E-state index contributed by atoms with van der Waals surface area (Å²) < 4.78 is 0. The van der Waals surface area contributed by atoms with E-state index in [1.807, 2.05) is 30.3 Å². The van der Waals surface area contributed by atoms with Crippen molar-refractivity contribution in [3.05, 3.63) is 30.3 Å². The highest BCUT2D eigenvalue weighted by Crippen LogP contribution is 2.29. The summed E-state index contributed by atoms with van der Waals surface area (Å²) in [5, 5.41) is 13.2. The second-order valence-electron chi connectivity index (χ2n) is 6.30. The van der Waals surface area contributed by atoms with Gasteiger partial charge in [-0.25, -0.2) is 0 Å². The van der Waals surface area contributed by atoms with Crippen LogP contribution in [0, 0.1) is 0 Å². The van der Waals surface area contributed by atoms with Crippen LogP contribution in [-0.2, 0) is 9.59 Å². The van der Waals surface area contributed by atoms with E-state index in [0.717, 1.165) is 31.4 Å². The maximum Gasteiger partial charge on any atom is 0.243 e. The van der Waals surface area contributed by atoms with E-state index >= 15 is 0 Å². The SMILES string of the molecule is O=C(NCC1(O)CCCC1)C1CCC(=O)N1c1ccccc1. The lowest BCUT2D eigenvalue weighted by molar-refractivity contribution is -0.124.